The number of likely N-dealkylation sites (tertiary alicyclic amines) is 1. The molecule has 10 heteroatoms. The summed E-state index contributed by atoms with van der Waals surface area (Å²) in [7, 11) is 0. The number of halogens is 3. The largest absolute Gasteiger partial charge is 0.481 e. The molecule has 1 aliphatic heterocycles. The molecule has 1 amide bonds. The van der Waals surface area contributed by atoms with Crippen LogP contribution in [0, 0.1) is 5.41 Å². The van der Waals surface area contributed by atoms with Gasteiger partial charge in [0.05, 0.1) is 17.9 Å². The van der Waals surface area contributed by atoms with Crippen molar-refractivity contribution < 1.29 is 27.9 Å². The second-order valence-electron chi connectivity index (χ2n) is 4.15. The van der Waals surface area contributed by atoms with Gasteiger partial charge in [-0.2, -0.15) is 21.9 Å². The van der Waals surface area contributed by atoms with Crippen molar-refractivity contribution in [3.8, 4) is 0 Å². The molecule has 0 radical (unpaired) electrons. The van der Waals surface area contributed by atoms with Gasteiger partial charge in [-0.3, -0.25) is 9.59 Å². The molecule has 1 atom stereocenters. The molecule has 6 nitrogen and oxygen atoms in total. The Balaban J connectivity index is 2.23. The van der Waals surface area contributed by atoms with E-state index in [1.54, 1.807) is 0 Å². The molecule has 1 aliphatic rings. The highest BCUT2D eigenvalue weighted by Gasteiger charge is 2.64. The number of carbonyl (C=O) groups excluding carboxylic acids is 1. The first-order valence-electron chi connectivity index (χ1n) is 5.15. The first-order chi connectivity index (χ1) is 8.78. The number of aliphatic carboxylic acids is 1. The lowest BCUT2D eigenvalue weighted by Gasteiger charge is -2.26. The Morgan fingerprint density at radius 2 is 2.16 bits per heavy atom. The van der Waals surface area contributed by atoms with Gasteiger partial charge in [-0.25, -0.2) is 0 Å². The van der Waals surface area contributed by atoms with E-state index >= 15 is 0 Å². The number of carboxylic acid groups (broad SMARTS) is 1. The topological polar surface area (TPSA) is 83.4 Å². The van der Waals surface area contributed by atoms with E-state index in [2.05, 4.69) is 8.75 Å². The fourth-order valence-electron chi connectivity index (χ4n) is 1.93. The zero-order valence-electron chi connectivity index (χ0n) is 9.35. The molecular formula is C9H8F3N3O3S. The molecule has 2 heterocycles. The smallest absolute Gasteiger partial charge is 0.406 e. The van der Waals surface area contributed by atoms with Crippen LogP contribution < -0.4 is 0 Å². The lowest BCUT2D eigenvalue weighted by molar-refractivity contribution is -0.227. The molecule has 0 aromatic carbocycles. The Morgan fingerprint density at radius 1 is 1.47 bits per heavy atom. The van der Waals surface area contributed by atoms with E-state index in [0.29, 0.717) is 0 Å². The van der Waals surface area contributed by atoms with Crippen molar-refractivity contribution in [2.45, 2.75) is 12.6 Å². The minimum absolute atomic E-state index is 0.0756. The van der Waals surface area contributed by atoms with Crippen LogP contribution >= 0.6 is 11.7 Å². The van der Waals surface area contributed by atoms with Crippen molar-refractivity contribution in [2.24, 2.45) is 5.41 Å². The van der Waals surface area contributed by atoms with Crippen molar-refractivity contribution in [1.82, 2.24) is 13.6 Å². The number of carboxylic acids is 1. The summed E-state index contributed by atoms with van der Waals surface area (Å²) in [5, 5.41) is 8.85. The fraction of sp³-hybridized carbons (Fsp3) is 0.556. The predicted molar refractivity (Wildman–Crippen MR) is 56.6 cm³/mol. The third-order valence-electron chi connectivity index (χ3n) is 3.09. The molecule has 104 valence electrons. The summed E-state index contributed by atoms with van der Waals surface area (Å²) >= 11 is 0.752. The van der Waals surface area contributed by atoms with E-state index in [4.69, 9.17) is 5.11 Å². The quantitative estimate of drug-likeness (QED) is 0.880. The number of nitrogens with zero attached hydrogens (tertiary/aromatic N) is 3. The molecular weight excluding hydrogens is 287 g/mol. The maximum absolute atomic E-state index is 12.9. The molecule has 1 fully saturated rings. The fourth-order valence-corrected chi connectivity index (χ4v) is 2.34. The van der Waals surface area contributed by atoms with Crippen LogP contribution in [-0.4, -0.2) is 49.9 Å². The highest BCUT2D eigenvalue weighted by atomic mass is 32.1. The van der Waals surface area contributed by atoms with Crippen molar-refractivity contribution >= 4 is 23.6 Å². The van der Waals surface area contributed by atoms with Gasteiger partial charge >= 0.3 is 12.1 Å². The Bertz CT molecular complexity index is 505. The van der Waals surface area contributed by atoms with E-state index in [0.717, 1.165) is 22.8 Å². The average molecular weight is 295 g/mol. The van der Waals surface area contributed by atoms with Gasteiger partial charge < -0.3 is 10.0 Å². The Kier molecular flexibility index (Phi) is 3.20. The number of hydrogen-bond donors (Lipinski definition) is 1. The number of alkyl halides is 3. The highest BCUT2D eigenvalue weighted by Crippen LogP contribution is 2.45. The first-order valence-corrected chi connectivity index (χ1v) is 5.88. The Morgan fingerprint density at radius 3 is 2.58 bits per heavy atom. The summed E-state index contributed by atoms with van der Waals surface area (Å²) in [6.45, 7) is -1.18. The second kappa shape index (κ2) is 4.44. The zero-order chi connectivity index (χ0) is 14.3. The number of hydrogen-bond acceptors (Lipinski definition) is 5. The molecule has 19 heavy (non-hydrogen) atoms. The number of amides is 1. The molecule has 1 N–H and O–H groups in total. The number of rotatable bonds is 2. The van der Waals surface area contributed by atoms with Crippen LogP contribution in [0.1, 0.15) is 16.9 Å². The number of aromatic nitrogens is 2. The van der Waals surface area contributed by atoms with Crippen LogP contribution in [0.4, 0.5) is 13.2 Å². The Labute approximate surface area is 109 Å². The maximum atomic E-state index is 12.9. The third kappa shape index (κ3) is 2.15. The lowest BCUT2D eigenvalue weighted by atomic mass is 9.86. The third-order valence-corrected chi connectivity index (χ3v) is 3.57. The lowest BCUT2D eigenvalue weighted by Crippen LogP contribution is -2.47. The number of carbonyl (C=O) groups is 2. The van der Waals surface area contributed by atoms with E-state index < -0.39 is 36.4 Å². The zero-order valence-corrected chi connectivity index (χ0v) is 10.2. The van der Waals surface area contributed by atoms with Gasteiger partial charge in [0.2, 0.25) is 0 Å². The standard InChI is InChI=1S/C9H8F3N3O3S/c10-9(11,12)8(7(17)18)1-2-15(4-8)6(16)5-3-13-19-14-5/h3H,1-2,4H2,(H,17,18). The molecule has 0 bridgehead atoms. The van der Waals surface area contributed by atoms with Crippen LogP contribution in [-0.2, 0) is 4.79 Å². The SMILES string of the molecule is O=C(c1cnsn1)N1CCC(C(=O)O)(C(F)(F)F)C1. The van der Waals surface area contributed by atoms with Crippen LogP contribution in [0.2, 0.25) is 0 Å². The summed E-state index contributed by atoms with van der Waals surface area (Å²) in [6.07, 6.45) is -4.43. The van der Waals surface area contributed by atoms with Crippen molar-refractivity contribution in [3.05, 3.63) is 11.9 Å². The summed E-state index contributed by atoms with van der Waals surface area (Å²) in [6, 6.07) is 0. The molecule has 0 aliphatic carbocycles. The average Bonchev–Trinajstić information content (AvgIpc) is 2.97. The molecule has 1 saturated heterocycles. The summed E-state index contributed by atoms with van der Waals surface area (Å²) < 4.78 is 45.9. The molecule has 1 aromatic rings. The van der Waals surface area contributed by atoms with Gasteiger partial charge in [0, 0.05) is 13.1 Å². The van der Waals surface area contributed by atoms with Crippen LogP contribution in [0.5, 0.6) is 0 Å². The minimum Gasteiger partial charge on any atom is -0.481 e. The van der Waals surface area contributed by atoms with E-state index in [-0.39, 0.29) is 12.2 Å². The van der Waals surface area contributed by atoms with Gasteiger partial charge in [-0.1, -0.05) is 0 Å². The van der Waals surface area contributed by atoms with Crippen molar-refractivity contribution in [1.29, 1.82) is 0 Å². The molecule has 2 rings (SSSR count). The van der Waals surface area contributed by atoms with Crippen LogP contribution in [0.3, 0.4) is 0 Å². The van der Waals surface area contributed by atoms with Crippen LogP contribution in [0.25, 0.3) is 0 Å². The van der Waals surface area contributed by atoms with Gasteiger partial charge in [-0.05, 0) is 6.42 Å². The summed E-state index contributed by atoms with van der Waals surface area (Å²) in [4.78, 5) is 23.6. The normalized spacial score (nSPS) is 23.6. The summed E-state index contributed by atoms with van der Waals surface area (Å²) in [5.74, 6) is -2.70. The van der Waals surface area contributed by atoms with Gasteiger partial charge in [0.1, 0.15) is 0 Å². The highest BCUT2D eigenvalue weighted by molar-refractivity contribution is 6.99. The minimum atomic E-state index is -4.91. The molecule has 0 saturated carbocycles. The van der Waals surface area contributed by atoms with E-state index in [9.17, 15) is 22.8 Å². The predicted octanol–water partition coefficient (Wildman–Crippen LogP) is 1.02. The summed E-state index contributed by atoms with van der Waals surface area (Å²) in [5.41, 5.74) is -2.97. The first kappa shape index (κ1) is 13.7. The Hall–Kier alpha value is -1.71. The van der Waals surface area contributed by atoms with Crippen molar-refractivity contribution in [2.75, 3.05) is 13.1 Å². The monoisotopic (exact) mass is 295 g/mol. The van der Waals surface area contributed by atoms with E-state index in [1.165, 1.54) is 0 Å². The van der Waals surface area contributed by atoms with Gasteiger partial charge in [0.15, 0.2) is 11.1 Å². The maximum Gasteiger partial charge on any atom is 0.406 e. The van der Waals surface area contributed by atoms with Gasteiger partial charge in [0.25, 0.3) is 5.91 Å². The van der Waals surface area contributed by atoms with Crippen molar-refractivity contribution in [3.63, 3.8) is 0 Å². The van der Waals surface area contributed by atoms with Crippen LogP contribution in [0.15, 0.2) is 6.20 Å². The molecule has 1 aromatic heterocycles. The molecule has 1 unspecified atom stereocenters. The van der Waals surface area contributed by atoms with Gasteiger partial charge in [-0.15, -0.1) is 0 Å². The second-order valence-corrected chi connectivity index (χ2v) is 4.71. The van der Waals surface area contributed by atoms with E-state index in [1.807, 2.05) is 0 Å². The molecule has 0 spiro atoms.